The van der Waals surface area contributed by atoms with Gasteiger partial charge in [-0.3, -0.25) is 9.59 Å². The van der Waals surface area contributed by atoms with E-state index in [9.17, 15) is 9.59 Å². The molecule has 0 aliphatic carbocycles. The normalized spacial score (nSPS) is 14.6. The Morgan fingerprint density at radius 3 is 2.91 bits per heavy atom. The Kier molecular flexibility index (Phi) is 4.73. The van der Waals surface area contributed by atoms with E-state index in [1.54, 1.807) is 12.1 Å². The molecule has 0 spiro atoms. The Labute approximate surface area is 147 Å². The summed E-state index contributed by atoms with van der Waals surface area (Å²) in [4.78, 5) is 24.9. The highest BCUT2D eigenvalue weighted by molar-refractivity contribution is 9.10. The Bertz CT molecular complexity index is 779. The van der Waals surface area contributed by atoms with Crippen molar-refractivity contribution >= 4 is 45.2 Å². The van der Waals surface area contributed by atoms with Crippen LogP contribution >= 0.6 is 27.7 Å². The fourth-order valence-corrected chi connectivity index (χ4v) is 3.57. The molecule has 0 saturated heterocycles. The number of carbonyl (C=O) groups is 2. The van der Waals surface area contributed by atoms with Gasteiger partial charge in [-0.1, -0.05) is 28.1 Å². The van der Waals surface area contributed by atoms with Crippen molar-refractivity contribution in [2.24, 2.45) is 0 Å². The first-order chi connectivity index (χ1) is 11.0. The highest BCUT2D eigenvalue weighted by Gasteiger charge is 2.18. The van der Waals surface area contributed by atoms with Gasteiger partial charge < -0.3 is 10.6 Å². The van der Waals surface area contributed by atoms with Crippen molar-refractivity contribution in [2.45, 2.75) is 17.9 Å². The van der Waals surface area contributed by atoms with Gasteiger partial charge in [0.15, 0.2) is 0 Å². The molecule has 0 saturated carbocycles. The van der Waals surface area contributed by atoms with Gasteiger partial charge >= 0.3 is 0 Å². The average molecular weight is 391 g/mol. The third kappa shape index (κ3) is 3.76. The van der Waals surface area contributed by atoms with Crippen LogP contribution in [0.15, 0.2) is 51.8 Å². The lowest BCUT2D eigenvalue weighted by atomic mass is 10.1. The molecule has 2 N–H and O–H groups in total. The van der Waals surface area contributed by atoms with E-state index in [1.807, 2.05) is 37.3 Å². The van der Waals surface area contributed by atoms with Gasteiger partial charge in [-0.2, -0.15) is 0 Å². The van der Waals surface area contributed by atoms with E-state index in [1.165, 1.54) is 11.8 Å². The molecule has 118 valence electrons. The number of thioether (sulfide) groups is 1. The lowest BCUT2D eigenvalue weighted by Gasteiger charge is -2.18. The molecule has 0 aromatic heterocycles. The third-order valence-electron chi connectivity index (χ3n) is 3.57. The van der Waals surface area contributed by atoms with Gasteiger partial charge in [0.25, 0.3) is 5.91 Å². The number of hydrogen-bond acceptors (Lipinski definition) is 3. The SMILES string of the molecule is CC(NC(=O)c1ccc2c(c1)NC(=O)CS2)c1cccc(Br)c1. The van der Waals surface area contributed by atoms with Crippen molar-refractivity contribution in [3.63, 3.8) is 0 Å². The molecule has 1 heterocycles. The van der Waals surface area contributed by atoms with Crippen LogP contribution in [0.1, 0.15) is 28.9 Å². The van der Waals surface area contributed by atoms with Gasteiger partial charge in [0.2, 0.25) is 5.91 Å². The molecule has 4 nitrogen and oxygen atoms in total. The summed E-state index contributed by atoms with van der Waals surface area (Å²) in [6.45, 7) is 1.94. The monoisotopic (exact) mass is 390 g/mol. The zero-order valence-electron chi connectivity index (χ0n) is 12.4. The summed E-state index contributed by atoms with van der Waals surface area (Å²) in [5.74, 6) is 0.214. The van der Waals surface area contributed by atoms with Crippen molar-refractivity contribution in [1.82, 2.24) is 5.32 Å². The average Bonchev–Trinajstić information content (AvgIpc) is 2.54. The zero-order chi connectivity index (χ0) is 16.4. The second kappa shape index (κ2) is 6.76. The quantitative estimate of drug-likeness (QED) is 0.832. The number of hydrogen-bond donors (Lipinski definition) is 2. The molecule has 2 aromatic rings. The van der Waals surface area contributed by atoms with E-state index < -0.39 is 0 Å². The summed E-state index contributed by atoms with van der Waals surface area (Å²) in [5.41, 5.74) is 2.26. The van der Waals surface area contributed by atoms with E-state index in [0.29, 0.717) is 17.0 Å². The number of rotatable bonds is 3. The van der Waals surface area contributed by atoms with Crippen LogP contribution in [0, 0.1) is 0 Å². The fourth-order valence-electron chi connectivity index (χ4n) is 2.36. The van der Waals surface area contributed by atoms with E-state index >= 15 is 0 Å². The van der Waals surface area contributed by atoms with E-state index in [2.05, 4.69) is 26.6 Å². The topological polar surface area (TPSA) is 58.2 Å². The van der Waals surface area contributed by atoms with Crippen molar-refractivity contribution < 1.29 is 9.59 Å². The third-order valence-corrected chi connectivity index (χ3v) is 5.14. The summed E-state index contributed by atoms with van der Waals surface area (Å²) < 4.78 is 0.976. The van der Waals surface area contributed by atoms with Crippen LogP contribution in [0.5, 0.6) is 0 Å². The van der Waals surface area contributed by atoms with E-state index in [4.69, 9.17) is 0 Å². The maximum absolute atomic E-state index is 12.4. The van der Waals surface area contributed by atoms with Crippen LogP contribution in [0.2, 0.25) is 0 Å². The summed E-state index contributed by atoms with van der Waals surface area (Å²) >= 11 is 4.91. The molecule has 1 aliphatic rings. The molecule has 3 rings (SSSR count). The molecule has 2 amide bonds. The van der Waals surface area contributed by atoms with Crippen LogP contribution in [-0.4, -0.2) is 17.6 Å². The second-order valence-electron chi connectivity index (χ2n) is 5.30. The van der Waals surface area contributed by atoms with Crippen molar-refractivity contribution in [3.05, 3.63) is 58.1 Å². The zero-order valence-corrected chi connectivity index (χ0v) is 14.8. The number of benzene rings is 2. The van der Waals surface area contributed by atoms with Crippen LogP contribution in [0.3, 0.4) is 0 Å². The number of carbonyl (C=O) groups excluding carboxylic acids is 2. The number of fused-ring (bicyclic) bond motifs is 1. The summed E-state index contributed by atoms with van der Waals surface area (Å²) in [7, 11) is 0. The predicted octanol–water partition coefficient (Wildman–Crippen LogP) is 3.98. The maximum atomic E-state index is 12.4. The minimum atomic E-state index is -0.162. The molecule has 1 atom stereocenters. The van der Waals surface area contributed by atoms with Crippen molar-refractivity contribution in [2.75, 3.05) is 11.1 Å². The highest BCUT2D eigenvalue weighted by Crippen LogP contribution is 2.32. The molecule has 0 fully saturated rings. The molecular formula is C17H15BrN2O2S. The first kappa shape index (κ1) is 16.1. The number of anilines is 1. The highest BCUT2D eigenvalue weighted by atomic mass is 79.9. The Morgan fingerprint density at radius 2 is 2.13 bits per heavy atom. The standard InChI is InChI=1S/C17H15BrN2O2S/c1-10(11-3-2-4-13(18)7-11)19-17(22)12-5-6-15-14(8-12)20-16(21)9-23-15/h2-8,10H,9H2,1H3,(H,19,22)(H,20,21). The first-order valence-corrected chi connectivity index (χ1v) is 8.94. The Hall–Kier alpha value is -1.79. The van der Waals surface area contributed by atoms with Crippen molar-refractivity contribution in [3.8, 4) is 0 Å². The van der Waals surface area contributed by atoms with Crippen molar-refractivity contribution in [1.29, 1.82) is 0 Å². The largest absolute Gasteiger partial charge is 0.346 e. The lowest BCUT2D eigenvalue weighted by Crippen LogP contribution is -2.27. The Morgan fingerprint density at radius 1 is 1.30 bits per heavy atom. The van der Waals surface area contributed by atoms with E-state index in [-0.39, 0.29) is 17.9 Å². The Balaban J connectivity index is 1.76. The van der Waals surface area contributed by atoms with Crippen LogP contribution in [0.25, 0.3) is 0 Å². The smallest absolute Gasteiger partial charge is 0.251 e. The molecule has 0 radical (unpaired) electrons. The number of halogens is 1. The fraction of sp³-hybridized carbons (Fsp3) is 0.176. The minimum absolute atomic E-state index is 0.0393. The molecule has 0 bridgehead atoms. The summed E-state index contributed by atoms with van der Waals surface area (Å²) in [6, 6.07) is 13.1. The van der Waals surface area contributed by atoms with Gasteiger partial charge in [0, 0.05) is 14.9 Å². The second-order valence-corrected chi connectivity index (χ2v) is 7.23. The van der Waals surface area contributed by atoms with Gasteiger partial charge in [-0.15, -0.1) is 11.8 Å². The molecule has 2 aromatic carbocycles. The van der Waals surface area contributed by atoms with Gasteiger partial charge in [-0.05, 0) is 42.8 Å². The van der Waals surface area contributed by atoms with Crippen LogP contribution in [-0.2, 0) is 4.79 Å². The van der Waals surface area contributed by atoms with Gasteiger partial charge in [0.05, 0.1) is 17.5 Å². The summed E-state index contributed by atoms with van der Waals surface area (Å²) in [6.07, 6.45) is 0. The number of amides is 2. The first-order valence-electron chi connectivity index (χ1n) is 7.16. The van der Waals surface area contributed by atoms with E-state index in [0.717, 1.165) is 14.9 Å². The number of nitrogens with one attached hydrogen (secondary N) is 2. The molecule has 1 aliphatic heterocycles. The summed E-state index contributed by atoms with van der Waals surface area (Å²) in [5, 5.41) is 5.78. The van der Waals surface area contributed by atoms with Crippen LogP contribution < -0.4 is 10.6 Å². The molecule has 23 heavy (non-hydrogen) atoms. The predicted molar refractivity (Wildman–Crippen MR) is 95.8 cm³/mol. The lowest BCUT2D eigenvalue weighted by molar-refractivity contribution is -0.113. The van der Waals surface area contributed by atoms with Crippen LogP contribution in [0.4, 0.5) is 5.69 Å². The van der Waals surface area contributed by atoms with Gasteiger partial charge in [-0.25, -0.2) is 0 Å². The minimum Gasteiger partial charge on any atom is -0.346 e. The molecular weight excluding hydrogens is 376 g/mol. The molecule has 1 unspecified atom stereocenters. The maximum Gasteiger partial charge on any atom is 0.251 e. The van der Waals surface area contributed by atoms with Gasteiger partial charge in [0.1, 0.15) is 0 Å². The molecule has 6 heteroatoms.